The Morgan fingerprint density at radius 2 is 1.92 bits per heavy atom. The van der Waals surface area contributed by atoms with Crippen molar-refractivity contribution in [3.05, 3.63) is 91.4 Å². The molecule has 9 heteroatoms. The first-order valence-corrected chi connectivity index (χ1v) is 12.4. The fraction of sp³-hybridized carbons (Fsp3) is 0.222. The van der Waals surface area contributed by atoms with Gasteiger partial charge in [0, 0.05) is 20.5 Å². The van der Waals surface area contributed by atoms with E-state index in [1.54, 1.807) is 30.5 Å². The standard InChI is InChI=1S/C27H23BrClN3O4/c1-27(2,3)26-31-21-7-5-18(28)12-20(21)25(33)32(26)30-13-17-11-19(29)6-9-22(17)34-14-16-4-8-23-24(10-16)36-15-35-23/h4-13H,14-15H2,1-3H3. The van der Waals surface area contributed by atoms with Gasteiger partial charge in [-0.2, -0.15) is 9.78 Å². The summed E-state index contributed by atoms with van der Waals surface area (Å²) in [7, 11) is 0. The molecule has 0 saturated carbocycles. The highest BCUT2D eigenvalue weighted by Gasteiger charge is 2.23. The molecule has 3 aromatic carbocycles. The molecular formula is C27H23BrClN3O4. The summed E-state index contributed by atoms with van der Waals surface area (Å²) in [6, 6.07) is 16.4. The third-order valence-electron chi connectivity index (χ3n) is 5.59. The number of aromatic nitrogens is 2. The van der Waals surface area contributed by atoms with E-state index in [2.05, 4.69) is 21.0 Å². The van der Waals surface area contributed by atoms with Gasteiger partial charge in [0.15, 0.2) is 11.5 Å². The van der Waals surface area contributed by atoms with Crippen LogP contribution >= 0.6 is 27.5 Å². The summed E-state index contributed by atoms with van der Waals surface area (Å²) >= 11 is 9.71. The topological polar surface area (TPSA) is 74.9 Å². The Morgan fingerprint density at radius 3 is 2.72 bits per heavy atom. The SMILES string of the molecule is CC(C)(C)c1nc2ccc(Br)cc2c(=O)n1N=Cc1cc(Cl)ccc1OCc1ccc2c(c1)OCO2. The molecule has 0 saturated heterocycles. The molecule has 1 aliphatic rings. The maximum Gasteiger partial charge on any atom is 0.282 e. The van der Waals surface area contributed by atoms with E-state index in [9.17, 15) is 4.79 Å². The van der Waals surface area contributed by atoms with Gasteiger partial charge in [0.2, 0.25) is 6.79 Å². The first kappa shape index (κ1) is 24.3. The highest BCUT2D eigenvalue weighted by molar-refractivity contribution is 9.10. The van der Waals surface area contributed by atoms with Gasteiger partial charge in [-0.3, -0.25) is 4.79 Å². The Morgan fingerprint density at radius 1 is 1.11 bits per heavy atom. The van der Waals surface area contributed by atoms with Crippen LogP contribution in [0.1, 0.15) is 37.7 Å². The second kappa shape index (κ2) is 9.59. The molecule has 0 radical (unpaired) electrons. The quantitative estimate of drug-likeness (QED) is 0.264. The molecular weight excluding hydrogens is 546 g/mol. The van der Waals surface area contributed by atoms with Crippen molar-refractivity contribution in [2.75, 3.05) is 6.79 Å². The number of fused-ring (bicyclic) bond motifs is 2. The van der Waals surface area contributed by atoms with Gasteiger partial charge in [0.25, 0.3) is 5.56 Å². The molecule has 0 amide bonds. The van der Waals surface area contributed by atoms with Crippen molar-refractivity contribution in [2.24, 2.45) is 5.10 Å². The lowest BCUT2D eigenvalue weighted by molar-refractivity contribution is 0.174. The molecule has 5 rings (SSSR count). The lowest BCUT2D eigenvalue weighted by atomic mass is 9.95. The molecule has 0 fully saturated rings. The molecule has 7 nitrogen and oxygen atoms in total. The van der Waals surface area contributed by atoms with E-state index in [0.717, 1.165) is 10.0 Å². The van der Waals surface area contributed by atoms with E-state index < -0.39 is 5.41 Å². The second-order valence-electron chi connectivity index (χ2n) is 9.37. The van der Waals surface area contributed by atoms with E-state index in [0.29, 0.717) is 51.2 Å². The summed E-state index contributed by atoms with van der Waals surface area (Å²) in [5, 5.41) is 5.55. The molecule has 36 heavy (non-hydrogen) atoms. The lowest BCUT2D eigenvalue weighted by Crippen LogP contribution is -2.29. The van der Waals surface area contributed by atoms with Crippen LogP contribution in [-0.2, 0) is 12.0 Å². The summed E-state index contributed by atoms with van der Waals surface area (Å²) in [6.07, 6.45) is 1.57. The highest BCUT2D eigenvalue weighted by atomic mass is 79.9. The average Bonchev–Trinajstić information content (AvgIpc) is 3.30. The Hall–Kier alpha value is -3.36. The van der Waals surface area contributed by atoms with Gasteiger partial charge in [-0.15, -0.1) is 0 Å². The number of rotatable bonds is 5. The molecule has 1 aliphatic heterocycles. The van der Waals surface area contributed by atoms with Gasteiger partial charge >= 0.3 is 0 Å². The van der Waals surface area contributed by atoms with Crippen molar-refractivity contribution >= 4 is 44.6 Å². The molecule has 0 bridgehead atoms. The van der Waals surface area contributed by atoms with Crippen molar-refractivity contribution < 1.29 is 14.2 Å². The van der Waals surface area contributed by atoms with Gasteiger partial charge in [-0.1, -0.05) is 54.4 Å². The number of halogens is 2. The zero-order valence-corrected chi connectivity index (χ0v) is 22.3. The maximum atomic E-state index is 13.4. The van der Waals surface area contributed by atoms with Crippen LogP contribution in [0.25, 0.3) is 10.9 Å². The van der Waals surface area contributed by atoms with E-state index in [1.165, 1.54) is 4.68 Å². The van der Waals surface area contributed by atoms with Gasteiger partial charge in [0.05, 0.1) is 17.1 Å². The number of benzene rings is 3. The predicted molar refractivity (Wildman–Crippen MR) is 144 cm³/mol. The van der Waals surface area contributed by atoms with E-state index >= 15 is 0 Å². The van der Waals surface area contributed by atoms with Crippen LogP contribution in [0, 0.1) is 0 Å². The minimum atomic E-state index is -0.426. The first-order chi connectivity index (χ1) is 17.2. The molecule has 0 spiro atoms. The minimum Gasteiger partial charge on any atom is -0.488 e. The zero-order chi connectivity index (χ0) is 25.4. The van der Waals surface area contributed by atoms with Crippen LogP contribution in [-0.4, -0.2) is 22.7 Å². The van der Waals surface area contributed by atoms with Crippen LogP contribution in [0.5, 0.6) is 17.2 Å². The van der Waals surface area contributed by atoms with Crippen molar-refractivity contribution in [3.63, 3.8) is 0 Å². The molecule has 1 aromatic heterocycles. The predicted octanol–water partition coefficient (Wildman–Crippen LogP) is 6.30. The fourth-order valence-corrected chi connectivity index (χ4v) is 4.35. The van der Waals surface area contributed by atoms with E-state index in [-0.39, 0.29) is 12.4 Å². The number of nitrogens with zero attached hydrogens (tertiary/aromatic N) is 3. The Balaban J connectivity index is 1.51. The van der Waals surface area contributed by atoms with E-state index in [1.807, 2.05) is 51.1 Å². The van der Waals surface area contributed by atoms with Crippen molar-refractivity contribution in [1.82, 2.24) is 9.66 Å². The molecule has 0 atom stereocenters. The summed E-state index contributed by atoms with van der Waals surface area (Å²) in [5.41, 5.74) is 1.49. The van der Waals surface area contributed by atoms with E-state index in [4.69, 9.17) is 30.8 Å². The highest BCUT2D eigenvalue weighted by Crippen LogP contribution is 2.33. The smallest absolute Gasteiger partial charge is 0.282 e. The minimum absolute atomic E-state index is 0.216. The van der Waals surface area contributed by atoms with Crippen LogP contribution in [0.3, 0.4) is 0 Å². The molecule has 4 aromatic rings. The lowest BCUT2D eigenvalue weighted by Gasteiger charge is -2.21. The van der Waals surface area contributed by atoms with Crippen molar-refractivity contribution in [2.45, 2.75) is 32.8 Å². The van der Waals surface area contributed by atoms with Crippen LogP contribution in [0.15, 0.2) is 69.0 Å². The second-order valence-corrected chi connectivity index (χ2v) is 10.7. The van der Waals surface area contributed by atoms with Crippen molar-refractivity contribution in [1.29, 1.82) is 0 Å². The summed E-state index contributed by atoms with van der Waals surface area (Å²) < 4.78 is 19.0. The fourth-order valence-electron chi connectivity index (χ4n) is 3.80. The molecule has 184 valence electrons. The first-order valence-electron chi connectivity index (χ1n) is 11.3. The van der Waals surface area contributed by atoms with Gasteiger partial charge in [-0.25, -0.2) is 4.98 Å². The number of hydrogen-bond donors (Lipinski definition) is 0. The Labute approximate surface area is 221 Å². The largest absolute Gasteiger partial charge is 0.488 e. The third-order valence-corrected chi connectivity index (χ3v) is 6.32. The van der Waals surface area contributed by atoms with Crippen LogP contribution < -0.4 is 19.8 Å². The Kier molecular flexibility index (Phi) is 6.49. The number of ether oxygens (including phenoxy) is 3. The average molecular weight is 569 g/mol. The summed E-state index contributed by atoms with van der Waals surface area (Å²) in [6.45, 7) is 6.49. The normalized spacial score (nSPS) is 13.0. The van der Waals surface area contributed by atoms with Crippen LogP contribution in [0.2, 0.25) is 5.02 Å². The maximum absolute atomic E-state index is 13.4. The molecule has 2 heterocycles. The van der Waals surface area contributed by atoms with Crippen molar-refractivity contribution in [3.8, 4) is 17.2 Å². The zero-order valence-electron chi connectivity index (χ0n) is 19.9. The van der Waals surface area contributed by atoms with Crippen LogP contribution in [0.4, 0.5) is 0 Å². The Bertz CT molecular complexity index is 1560. The third kappa shape index (κ3) is 4.96. The summed E-state index contributed by atoms with van der Waals surface area (Å²) in [4.78, 5) is 18.2. The van der Waals surface area contributed by atoms with Gasteiger partial charge < -0.3 is 14.2 Å². The molecule has 0 aliphatic carbocycles. The van der Waals surface area contributed by atoms with Gasteiger partial charge in [-0.05, 0) is 54.1 Å². The summed E-state index contributed by atoms with van der Waals surface area (Å²) in [5.74, 6) is 2.53. The monoisotopic (exact) mass is 567 g/mol. The molecule has 0 unspecified atom stereocenters. The van der Waals surface area contributed by atoms with Gasteiger partial charge in [0.1, 0.15) is 18.2 Å². The number of hydrogen-bond acceptors (Lipinski definition) is 6. The molecule has 0 N–H and O–H groups in total.